The fraction of sp³-hybridized carbons (Fsp3) is 0.769. The van der Waals surface area contributed by atoms with Gasteiger partial charge in [0.1, 0.15) is 0 Å². The fourth-order valence-electron chi connectivity index (χ4n) is 2.04. The Bertz CT molecular complexity index is 410. The number of imidazole rings is 1. The third kappa shape index (κ3) is 2.34. The van der Waals surface area contributed by atoms with Crippen molar-refractivity contribution in [3.05, 3.63) is 12.5 Å². The molecule has 1 fully saturated rings. The Hall–Kier alpha value is -0.805. The summed E-state index contributed by atoms with van der Waals surface area (Å²) in [5, 5.41) is 0. The van der Waals surface area contributed by atoms with Crippen LogP contribution in [-0.4, -0.2) is 27.9 Å². The molecule has 1 aromatic rings. The van der Waals surface area contributed by atoms with Crippen LogP contribution in [0.25, 0.3) is 0 Å². The molecule has 1 aliphatic heterocycles. The lowest BCUT2D eigenvalue weighted by Crippen LogP contribution is -2.41. The van der Waals surface area contributed by atoms with Crippen LogP contribution < -0.4 is 5.59 Å². The van der Waals surface area contributed by atoms with Crippen molar-refractivity contribution in [1.29, 1.82) is 0 Å². The first-order chi connectivity index (χ1) is 8.23. The molecule has 0 bridgehead atoms. The molecule has 5 heteroatoms. The van der Waals surface area contributed by atoms with E-state index in [2.05, 4.69) is 51.1 Å². The summed E-state index contributed by atoms with van der Waals surface area (Å²) in [6, 6.07) is 0. The van der Waals surface area contributed by atoms with Gasteiger partial charge in [-0.05, 0) is 33.6 Å². The highest BCUT2D eigenvalue weighted by Crippen LogP contribution is 2.36. The summed E-state index contributed by atoms with van der Waals surface area (Å²) in [5.41, 5.74) is 0.400. The van der Waals surface area contributed by atoms with Gasteiger partial charge in [-0.2, -0.15) is 0 Å². The van der Waals surface area contributed by atoms with Crippen molar-refractivity contribution in [2.24, 2.45) is 5.92 Å². The summed E-state index contributed by atoms with van der Waals surface area (Å²) in [6.07, 6.45) is 3.69. The molecule has 0 radical (unpaired) electrons. The van der Waals surface area contributed by atoms with Crippen molar-refractivity contribution in [1.82, 2.24) is 9.55 Å². The fourth-order valence-corrected chi connectivity index (χ4v) is 2.04. The summed E-state index contributed by atoms with van der Waals surface area (Å²) in [4.78, 5) is 4.22. The molecule has 0 spiro atoms. The van der Waals surface area contributed by atoms with Crippen LogP contribution in [0.2, 0.25) is 0 Å². The molecule has 1 aliphatic rings. The predicted molar refractivity (Wildman–Crippen MR) is 72.8 cm³/mol. The number of aromatic nitrogens is 2. The second-order valence-electron chi connectivity index (χ2n) is 6.45. The van der Waals surface area contributed by atoms with Gasteiger partial charge in [-0.1, -0.05) is 13.8 Å². The molecular weight excluding hydrogens is 227 g/mol. The van der Waals surface area contributed by atoms with E-state index in [1.54, 1.807) is 0 Å². The maximum atomic E-state index is 6.05. The largest absolute Gasteiger partial charge is 0.514 e. The van der Waals surface area contributed by atoms with Crippen LogP contribution in [-0.2, 0) is 15.9 Å². The van der Waals surface area contributed by atoms with Crippen molar-refractivity contribution in [3.8, 4) is 0 Å². The molecule has 18 heavy (non-hydrogen) atoms. The lowest BCUT2D eigenvalue weighted by molar-refractivity contribution is 0.00578. The molecule has 0 aromatic carbocycles. The normalized spacial score (nSPS) is 21.8. The van der Waals surface area contributed by atoms with E-state index in [1.165, 1.54) is 0 Å². The van der Waals surface area contributed by atoms with Gasteiger partial charge in [-0.15, -0.1) is 0 Å². The maximum absolute atomic E-state index is 6.05. The first-order valence-electron chi connectivity index (χ1n) is 6.58. The van der Waals surface area contributed by atoms with Gasteiger partial charge in [-0.3, -0.25) is 0 Å². The van der Waals surface area contributed by atoms with Crippen molar-refractivity contribution >= 4 is 12.7 Å². The molecule has 2 rings (SSSR count). The van der Waals surface area contributed by atoms with Crippen LogP contribution in [0.1, 0.15) is 41.5 Å². The van der Waals surface area contributed by atoms with E-state index in [1.807, 2.05) is 12.5 Å². The Labute approximate surface area is 110 Å². The lowest BCUT2D eigenvalue weighted by Gasteiger charge is -2.32. The molecule has 0 unspecified atom stereocenters. The van der Waals surface area contributed by atoms with Crippen LogP contribution in [0.4, 0.5) is 0 Å². The van der Waals surface area contributed by atoms with E-state index in [0.29, 0.717) is 5.92 Å². The van der Waals surface area contributed by atoms with Crippen LogP contribution in [0.3, 0.4) is 0 Å². The second kappa shape index (κ2) is 4.39. The van der Waals surface area contributed by atoms with E-state index >= 15 is 0 Å². The van der Waals surface area contributed by atoms with Gasteiger partial charge in [-0.25, -0.2) is 4.98 Å². The first-order valence-corrected chi connectivity index (χ1v) is 6.58. The molecular formula is C13H23BN2O2. The van der Waals surface area contributed by atoms with E-state index in [4.69, 9.17) is 9.31 Å². The molecule has 100 valence electrons. The Morgan fingerprint density at radius 1 is 1.22 bits per heavy atom. The van der Waals surface area contributed by atoms with Crippen LogP contribution in [0.15, 0.2) is 12.5 Å². The van der Waals surface area contributed by atoms with Crippen LogP contribution in [0, 0.1) is 5.92 Å². The van der Waals surface area contributed by atoms with Gasteiger partial charge >= 0.3 is 7.12 Å². The van der Waals surface area contributed by atoms with Gasteiger partial charge in [0.2, 0.25) is 0 Å². The molecule has 0 N–H and O–H groups in total. The Balaban J connectivity index is 2.22. The van der Waals surface area contributed by atoms with Gasteiger partial charge in [0.15, 0.2) is 0 Å². The summed E-state index contributed by atoms with van der Waals surface area (Å²) < 4.78 is 14.2. The van der Waals surface area contributed by atoms with E-state index < -0.39 is 0 Å². The molecule has 1 saturated heterocycles. The second-order valence-corrected chi connectivity index (χ2v) is 6.45. The summed E-state index contributed by atoms with van der Waals surface area (Å²) >= 11 is 0. The zero-order valence-corrected chi connectivity index (χ0v) is 12.2. The van der Waals surface area contributed by atoms with E-state index in [0.717, 1.165) is 12.1 Å². The van der Waals surface area contributed by atoms with Gasteiger partial charge < -0.3 is 13.9 Å². The summed E-state index contributed by atoms with van der Waals surface area (Å²) in [6.45, 7) is 13.6. The van der Waals surface area contributed by atoms with Crippen LogP contribution >= 0.6 is 0 Å². The highest BCUT2D eigenvalue weighted by Gasteiger charge is 2.52. The Morgan fingerprint density at radius 3 is 2.28 bits per heavy atom. The molecule has 0 atom stereocenters. The molecule has 0 saturated carbocycles. The smallest absolute Gasteiger partial charge is 0.398 e. The lowest BCUT2D eigenvalue weighted by atomic mass is 9.85. The highest BCUT2D eigenvalue weighted by atomic mass is 16.7. The number of hydrogen-bond acceptors (Lipinski definition) is 3. The minimum atomic E-state index is -0.323. The van der Waals surface area contributed by atoms with Crippen molar-refractivity contribution in [2.75, 3.05) is 0 Å². The van der Waals surface area contributed by atoms with E-state index in [9.17, 15) is 0 Å². The zero-order chi connectivity index (χ0) is 13.6. The zero-order valence-electron chi connectivity index (χ0n) is 12.2. The molecule has 2 heterocycles. The standard InChI is InChI=1S/C13H23BN2O2/c1-10(2)8-16-9-15-7-11(16)14-17-12(3,4)13(5,6)18-14/h7,9-10H,8H2,1-6H3. The average molecular weight is 250 g/mol. The SMILES string of the molecule is CC(C)Cn1cncc1B1OC(C)(C)C(C)(C)O1. The maximum Gasteiger partial charge on any atom is 0.514 e. The summed E-state index contributed by atoms with van der Waals surface area (Å²) in [7, 11) is -0.323. The molecule has 0 aliphatic carbocycles. The number of hydrogen-bond donors (Lipinski definition) is 0. The monoisotopic (exact) mass is 250 g/mol. The third-order valence-corrected chi connectivity index (χ3v) is 3.80. The molecule has 4 nitrogen and oxygen atoms in total. The van der Waals surface area contributed by atoms with Gasteiger partial charge in [0, 0.05) is 12.7 Å². The Kier molecular flexibility index (Phi) is 3.32. The average Bonchev–Trinajstić information content (AvgIpc) is 2.69. The highest BCUT2D eigenvalue weighted by molar-refractivity contribution is 6.61. The van der Waals surface area contributed by atoms with Gasteiger partial charge in [0.05, 0.1) is 23.1 Å². The summed E-state index contributed by atoms with van der Waals surface area (Å²) in [5.74, 6) is 0.570. The van der Waals surface area contributed by atoms with Crippen LogP contribution in [0.5, 0.6) is 0 Å². The van der Waals surface area contributed by atoms with Gasteiger partial charge in [0.25, 0.3) is 0 Å². The minimum absolute atomic E-state index is 0.301. The minimum Gasteiger partial charge on any atom is -0.398 e. The number of rotatable bonds is 3. The van der Waals surface area contributed by atoms with Crippen molar-refractivity contribution < 1.29 is 9.31 Å². The first kappa shape index (κ1) is 13.6. The number of nitrogens with zero attached hydrogens (tertiary/aromatic N) is 2. The van der Waals surface area contributed by atoms with Crippen molar-refractivity contribution in [2.45, 2.75) is 59.3 Å². The third-order valence-electron chi connectivity index (χ3n) is 3.80. The Morgan fingerprint density at radius 2 is 1.78 bits per heavy atom. The predicted octanol–water partition coefficient (Wildman–Crippen LogP) is 1.84. The molecule has 1 aromatic heterocycles. The molecule has 0 amide bonds. The topological polar surface area (TPSA) is 36.3 Å². The van der Waals surface area contributed by atoms with Crippen molar-refractivity contribution in [3.63, 3.8) is 0 Å². The quantitative estimate of drug-likeness (QED) is 0.768. The van der Waals surface area contributed by atoms with E-state index in [-0.39, 0.29) is 18.3 Å².